The average molecular weight is 287 g/mol. The van der Waals surface area contributed by atoms with E-state index in [0.717, 1.165) is 0 Å². The van der Waals surface area contributed by atoms with E-state index in [1.54, 1.807) is 24.3 Å². The summed E-state index contributed by atoms with van der Waals surface area (Å²) in [5.74, 6) is 0.667. The van der Waals surface area contributed by atoms with Crippen molar-refractivity contribution in [2.75, 3.05) is 11.1 Å². The van der Waals surface area contributed by atoms with Gasteiger partial charge in [0.15, 0.2) is 5.75 Å². The van der Waals surface area contributed by atoms with Crippen molar-refractivity contribution in [3.05, 3.63) is 52.6 Å². The smallest absolute Gasteiger partial charge is 0.271 e. The fourth-order valence-corrected chi connectivity index (χ4v) is 1.68. The van der Waals surface area contributed by atoms with Crippen LogP contribution >= 0.6 is 0 Å². The quantitative estimate of drug-likeness (QED) is 0.510. The first-order valence-corrected chi connectivity index (χ1v) is 6.05. The zero-order valence-corrected chi connectivity index (χ0v) is 11.2. The molecule has 108 valence electrons. The molecule has 0 saturated heterocycles. The molecule has 0 spiro atoms. The Labute approximate surface area is 120 Å². The number of nitro groups is 1. The molecule has 0 aliphatic rings. The molecular weight excluding hydrogens is 274 g/mol. The number of ether oxygens (including phenoxy) is 1. The normalized spacial score (nSPS) is 9.95. The molecule has 3 N–H and O–H groups in total. The summed E-state index contributed by atoms with van der Waals surface area (Å²) in [6.07, 6.45) is 0. The number of non-ortho nitro benzene ring substituents is 1. The van der Waals surface area contributed by atoms with Gasteiger partial charge in [-0.05, 0) is 30.3 Å². The molecule has 7 nitrogen and oxygen atoms in total. The first kappa shape index (κ1) is 14.3. The number of nitrogens with two attached hydrogens (primary N) is 1. The minimum absolute atomic E-state index is 0.0964. The lowest BCUT2D eigenvalue weighted by Crippen LogP contribution is -2.05. The number of nitrogens with zero attached hydrogens (tertiary/aromatic N) is 1. The SMILES string of the molecule is CC(=O)Nc1ccc(Oc2ccc([N+](=O)[O-])cc2N)cc1. The van der Waals surface area contributed by atoms with Crippen LogP contribution < -0.4 is 15.8 Å². The molecule has 7 heteroatoms. The maximum absolute atomic E-state index is 10.9. The number of carbonyl (C=O) groups is 1. The molecular formula is C14H13N3O4. The first-order valence-electron chi connectivity index (χ1n) is 6.05. The summed E-state index contributed by atoms with van der Waals surface area (Å²) in [6, 6.07) is 10.7. The lowest BCUT2D eigenvalue weighted by atomic mass is 10.2. The number of nitrogen functional groups attached to an aromatic ring is 1. The third kappa shape index (κ3) is 3.69. The lowest BCUT2D eigenvalue weighted by Gasteiger charge is -2.09. The predicted octanol–water partition coefficient (Wildman–Crippen LogP) is 2.93. The fraction of sp³-hybridized carbons (Fsp3) is 0.0714. The van der Waals surface area contributed by atoms with E-state index in [-0.39, 0.29) is 17.3 Å². The molecule has 21 heavy (non-hydrogen) atoms. The van der Waals surface area contributed by atoms with Gasteiger partial charge in [0, 0.05) is 24.7 Å². The minimum atomic E-state index is -0.525. The van der Waals surface area contributed by atoms with Crippen LogP contribution in [0.25, 0.3) is 0 Å². The Bertz CT molecular complexity index is 683. The summed E-state index contributed by atoms with van der Waals surface area (Å²) < 4.78 is 5.54. The average Bonchev–Trinajstić information content (AvgIpc) is 2.42. The van der Waals surface area contributed by atoms with Crippen molar-refractivity contribution in [1.82, 2.24) is 0 Å². The van der Waals surface area contributed by atoms with Gasteiger partial charge in [-0.25, -0.2) is 0 Å². The number of nitrogens with one attached hydrogen (secondary N) is 1. The van der Waals surface area contributed by atoms with Gasteiger partial charge in [0.2, 0.25) is 5.91 Å². The molecule has 2 rings (SSSR count). The number of anilines is 2. The summed E-state index contributed by atoms with van der Waals surface area (Å²) in [5.41, 5.74) is 6.44. The number of hydrogen-bond donors (Lipinski definition) is 2. The summed E-state index contributed by atoms with van der Waals surface area (Å²) >= 11 is 0. The van der Waals surface area contributed by atoms with Crippen LogP contribution in [0.1, 0.15) is 6.92 Å². The maximum atomic E-state index is 10.9. The largest absolute Gasteiger partial charge is 0.455 e. The van der Waals surface area contributed by atoms with Gasteiger partial charge < -0.3 is 15.8 Å². The van der Waals surface area contributed by atoms with Gasteiger partial charge in [0.05, 0.1) is 10.6 Å². The van der Waals surface area contributed by atoms with Crippen LogP contribution in [0, 0.1) is 10.1 Å². The van der Waals surface area contributed by atoms with Crippen molar-refractivity contribution in [2.24, 2.45) is 0 Å². The number of hydrogen-bond acceptors (Lipinski definition) is 5. The highest BCUT2D eigenvalue weighted by molar-refractivity contribution is 5.88. The topological polar surface area (TPSA) is 107 Å². The highest BCUT2D eigenvalue weighted by Crippen LogP contribution is 2.30. The van der Waals surface area contributed by atoms with Gasteiger partial charge in [-0.15, -0.1) is 0 Å². The molecule has 2 aromatic rings. The highest BCUT2D eigenvalue weighted by Gasteiger charge is 2.10. The molecule has 0 radical (unpaired) electrons. The van der Waals surface area contributed by atoms with E-state index in [1.165, 1.54) is 25.1 Å². The monoisotopic (exact) mass is 287 g/mol. The van der Waals surface area contributed by atoms with Crippen molar-refractivity contribution < 1.29 is 14.5 Å². The molecule has 0 aliphatic heterocycles. The predicted molar refractivity (Wildman–Crippen MR) is 78.3 cm³/mol. The Balaban J connectivity index is 2.14. The van der Waals surface area contributed by atoms with E-state index in [4.69, 9.17) is 10.5 Å². The molecule has 0 heterocycles. The molecule has 0 saturated carbocycles. The standard InChI is InChI=1S/C14H13N3O4/c1-9(18)16-10-2-5-12(6-3-10)21-14-7-4-11(17(19)20)8-13(14)15/h2-8H,15H2,1H3,(H,16,18). The second kappa shape index (κ2) is 5.91. The second-order valence-electron chi connectivity index (χ2n) is 4.29. The molecule has 0 fully saturated rings. The number of nitro benzene ring substituents is 1. The van der Waals surface area contributed by atoms with Crippen LogP contribution in [-0.4, -0.2) is 10.8 Å². The van der Waals surface area contributed by atoms with Crippen LogP contribution in [-0.2, 0) is 4.79 Å². The molecule has 0 unspecified atom stereocenters. The van der Waals surface area contributed by atoms with Gasteiger partial charge >= 0.3 is 0 Å². The summed E-state index contributed by atoms with van der Waals surface area (Å²) in [6.45, 7) is 1.42. The number of amides is 1. The zero-order valence-electron chi connectivity index (χ0n) is 11.2. The fourth-order valence-electron chi connectivity index (χ4n) is 1.68. The molecule has 1 amide bonds. The first-order chi connectivity index (χ1) is 9.95. The van der Waals surface area contributed by atoms with Gasteiger partial charge in [-0.3, -0.25) is 14.9 Å². The summed E-state index contributed by atoms with van der Waals surface area (Å²) in [5, 5.41) is 13.3. The molecule has 2 aromatic carbocycles. The Hall–Kier alpha value is -3.09. The lowest BCUT2D eigenvalue weighted by molar-refractivity contribution is -0.384. The van der Waals surface area contributed by atoms with Gasteiger partial charge in [0.1, 0.15) is 5.75 Å². The van der Waals surface area contributed by atoms with Crippen LogP contribution in [0.4, 0.5) is 17.1 Å². The molecule has 0 bridgehead atoms. The second-order valence-corrected chi connectivity index (χ2v) is 4.29. The van der Waals surface area contributed by atoms with Crippen molar-refractivity contribution in [3.63, 3.8) is 0 Å². The Kier molecular flexibility index (Phi) is 4.03. The summed E-state index contributed by atoms with van der Waals surface area (Å²) in [4.78, 5) is 21.0. The van der Waals surface area contributed by atoms with E-state index in [9.17, 15) is 14.9 Å². The van der Waals surface area contributed by atoms with Crippen molar-refractivity contribution in [3.8, 4) is 11.5 Å². The third-order valence-electron chi connectivity index (χ3n) is 2.61. The van der Waals surface area contributed by atoms with E-state index in [0.29, 0.717) is 17.2 Å². The molecule has 0 aliphatic carbocycles. The molecule has 0 atom stereocenters. The van der Waals surface area contributed by atoms with E-state index < -0.39 is 4.92 Å². The van der Waals surface area contributed by atoms with Crippen LogP contribution in [0.15, 0.2) is 42.5 Å². The number of rotatable bonds is 4. The number of carbonyl (C=O) groups excluding carboxylic acids is 1. The van der Waals surface area contributed by atoms with E-state index in [1.807, 2.05) is 0 Å². The van der Waals surface area contributed by atoms with Crippen LogP contribution in [0.3, 0.4) is 0 Å². The Morgan fingerprint density at radius 2 is 1.90 bits per heavy atom. The van der Waals surface area contributed by atoms with Crippen LogP contribution in [0.5, 0.6) is 11.5 Å². The van der Waals surface area contributed by atoms with E-state index in [2.05, 4.69) is 5.32 Å². The maximum Gasteiger partial charge on any atom is 0.271 e. The molecule has 0 aromatic heterocycles. The minimum Gasteiger partial charge on any atom is -0.455 e. The van der Waals surface area contributed by atoms with Crippen molar-refractivity contribution in [2.45, 2.75) is 6.92 Å². The van der Waals surface area contributed by atoms with E-state index >= 15 is 0 Å². The van der Waals surface area contributed by atoms with Crippen molar-refractivity contribution in [1.29, 1.82) is 0 Å². The zero-order chi connectivity index (χ0) is 15.4. The number of benzene rings is 2. The van der Waals surface area contributed by atoms with Gasteiger partial charge in [0.25, 0.3) is 5.69 Å². The Morgan fingerprint density at radius 1 is 1.24 bits per heavy atom. The third-order valence-corrected chi connectivity index (χ3v) is 2.61. The van der Waals surface area contributed by atoms with Gasteiger partial charge in [-0.2, -0.15) is 0 Å². The van der Waals surface area contributed by atoms with Crippen molar-refractivity contribution >= 4 is 23.0 Å². The van der Waals surface area contributed by atoms with Gasteiger partial charge in [-0.1, -0.05) is 0 Å². The highest BCUT2D eigenvalue weighted by atomic mass is 16.6. The van der Waals surface area contributed by atoms with Crippen LogP contribution in [0.2, 0.25) is 0 Å². The summed E-state index contributed by atoms with van der Waals surface area (Å²) in [7, 11) is 0. The Morgan fingerprint density at radius 3 is 2.43 bits per heavy atom.